The lowest BCUT2D eigenvalue weighted by atomic mass is 9.68. The molecule has 1 saturated heterocycles. The van der Waals surface area contributed by atoms with Crippen molar-refractivity contribution >= 4 is 6.03 Å². The lowest BCUT2D eigenvalue weighted by Gasteiger charge is -2.51. The highest BCUT2D eigenvalue weighted by atomic mass is 16.2. The Hall–Kier alpha value is -2.06. The van der Waals surface area contributed by atoms with Crippen molar-refractivity contribution in [1.29, 1.82) is 5.26 Å². The fourth-order valence-electron chi connectivity index (χ4n) is 5.22. The van der Waals surface area contributed by atoms with E-state index in [0.29, 0.717) is 12.5 Å². The van der Waals surface area contributed by atoms with Crippen LogP contribution >= 0.6 is 0 Å². The predicted octanol–water partition coefficient (Wildman–Crippen LogP) is 3.43. The Balaban J connectivity index is 1.60. The SMILES string of the molecule is CN(C)[C@]1(c2ccccc2)CC[C@@]2(CC1)CN(CC#N)C(=O)N2CC1CC1. The first kappa shape index (κ1) is 18.3. The summed E-state index contributed by atoms with van der Waals surface area (Å²) in [6, 6.07) is 13.1. The molecule has 0 atom stereocenters. The van der Waals surface area contributed by atoms with Gasteiger partial charge in [0.15, 0.2) is 0 Å². The van der Waals surface area contributed by atoms with Crippen LogP contribution in [0.1, 0.15) is 44.1 Å². The standard InChI is InChI=1S/C22H30N4O/c1-24(2)22(19-6-4-3-5-7-19)12-10-21(11-13-22)17-25(15-14-23)20(27)26(21)16-18-8-9-18/h3-7,18H,8-13,15-17H2,1-2H3/t21-,22-. The molecule has 2 amide bonds. The molecule has 1 spiro atoms. The number of amides is 2. The van der Waals surface area contributed by atoms with E-state index in [4.69, 9.17) is 5.26 Å². The van der Waals surface area contributed by atoms with Crippen LogP contribution in [0.5, 0.6) is 0 Å². The van der Waals surface area contributed by atoms with E-state index in [-0.39, 0.29) is 23.7 Å². The maximum atomic E-state index is 13.0. The molecule has 2 aliphatic carbocycles. The van der Waals surface area contributed by atoms with E-state index in [9.17, 15) is 4.79 Å². The molecule has 0 aromatic heterocycles. The molecule has 144 valence electrons. The minimum Gasteiger partial charge on any atom is -0.317 e. The number of carbonyl (C=O) groups excluding carboxylic acids is 1. The number of nitriles is 1. The molecule has 1 aromatic carbocycles. The maximum absolute atomic E-state index is 13.0. The van der Waals surface area contributed by atoms with Gasteiger partial charge in [-0.25, -0.2) is 4.79 Å². The largest absolute Gasteiger partial charge is 0.321 e. The molecule has 5 nitrogen and oxygen atoms in total. The molecule has 27 heavy (non-hydrogen) atoms. The third-order valence-corrected chi connectivity index (χ3v) is 7.13. The first-order valence-corrected chi connectivity index (χ1v) is 10.2. The summed E-state index contributed by atoms with van der Waals surface area (Å²) < 4.78 is 0. The van der Waals surface area contributed by atoms with Crippen molar-refractivity contribution < 1.29 is 4.79 Å². The van der Waals surface area contributed by atoms with Gasteiger partial charge in [-0.1, -0.05) is 30.3 Å². The molecule has 1 aromatic rings. The zero-order valence-corrected chi connectivity index (χ0v) is 16.5. The van der Waals surface area contributed by atoms with Gasteiger partial charge in [0.25, 0.3) is 0 Å². The molecule has 3 fully saturated rings. The normalized spacial score (nSPS) is 31.0. The van der Waals surface area contributed by atoms with E-state index < -0.39 is 0 Å². The average molecular weight is 367 g/mol. The molecule has 0 unspecified atom stereocenters. The summed E-state index contributed by atoms with van der Waals surface area (Å²) in [5.74, 6) is 0.669. The fourth-order valence-corrected chi connectivity index (χ4v) is 5.22. The van der Waals surface area contributed by atoms with Crippen molar-refractivity contribution in [2.75, 3.05) is 33.7 Å². The van der Waals surface area contributed by atoms with Crippen LogP contribution in [-0.4, -0.2) is 60.0 Å². The molecule has 5 heteroatoms. The van der Waals surface area contributed by atoms with Crippen LogP contribution in [-0.2, 0) is 5.54 Å². The van der Waals surface area contributed by atoms with E-state index in [2.05, 4.69) is 60.3 Å². The van der Waals surface area contributed by atoms with E-state index >= 15 is 0 Å². The second-order valence-corrected chi connectivity index (χ2v) is 8.87. The van der Waals surface area contributed by atoms with Crippen LogP contribution in [0, 0.1) is 17.2 Å². The number of rotatable bonds is 5. The van der Waals surface area contributed by atoms with E-state index in [1.165, 1.54) is 18.4 Å². The quantitative estimate of drug-likeness (QED) is 0.750. The summed E-state index contributed by atoms with van der Waals surface area (Å²) in [5.41, 5.74) is 1.31. The second kappa shape index (κ2) is 6.83. The molecule has 0 N–H and O–H groups in total. The van der Waals surface area contributed by atoms with Crippen molar-refractivity contribution in [3.63, 3.8) is 0 Å². The van der Waals surface area contributed by atoms with Gasteiger partial charge in [-0.05, 0) is 64.1 Å². The van der Waals surface area contributed by atoms with Gasteiger partial charge in [0.2, 0.25) is 0 Å². The topological polar surface area (TPSA) is 50.6 Å². The molecule has 1 aliphatic heterocycles. The Kier molecular flexibility index (Phi) is 4.63. The van der Waals surface area contributed by atoms with Crippen molar-refractivity contribution in [2.45, 2.75) is 49.6 Å². The first-order valence-electron chi connectivity index (χ1n) is 10.2. The number of carbonyl (C=O) groups is 1. The Morgan fingerprint density at radius 1 is 1.15 bits per heavy atom. The van der Waals surface area contributed by atoms with Gasteiger partial charge in [-0.3, -0.25) is 4.90 Å². The highest BCUT2D eigenvalue weighted by Gasteiger charge is 2.55. The zero-order valence-electron chi connectivity index (χ0n) is 16.5. The summed E-state index contributed by atoms with van der Waals surface area (Å²) in [5, 5.41) is 9.15. The number of urea groups is 1. The summed E-state index contributed by atoms with van der Waals surface area (Å²) >= 11 is 0. The number of hydrogen-bond donors (Lipinski definition) is 0. The number of benzene rings is 1. The van der Waals surface area contributed by atoms with E-state index in [1.807, 2.05) is 0 Å². The minimum atomic E-state index is -0.0924. The van der Waals surface area contributed by atoms with Crippen molar-refractivity contribution in [3.05, 3.63) is 35.9 Å². The van der Waals surface area contributed by atoms with Crippen LogP contribution in [0.3, 0.4) is 0 Å². The molecule has 2 saturated carbocycles. The highest BCUT2D eigenvalue weighted by molar-refractivity contribution is 5.78. The zero-order chi connectivity index (χ0) is 19.1. The molecular formula is C22H30N4O. The average Bonchev–Trinajstić information content (AvgIpc) is 3.47. The van der Waals surface area contributed by atoms with Gasteiger partial charge >= 0.3 is 6.03 Å². The molecule has 1 heterocycles. The molecule has 3 aliphatic rings. The van der Waals surface area contributed by atoms with E-state index in [0.717, 1.165) is 32.2 Å². The first-order chi connectivity index (χ1) is 13.0. The molecule has 0 radical (unpaired) electrons. The molecular weight excluding hydrogens is 336 g/mol. The van der Waals surface area contributed by atoms with Crippen LogP contribution in [0.25, 0.3) is 0 Å². The summed E-state index contributed by atoms with van der Waals surface area (Å²) in [6.07, 6.45) is 6.56. The Morgan fingerprint density at radius 2 is 1.81 bits per heavy atom. The smallest absolute Gasteiger partial charge is 0.317 e. The van der Waals surface area contributed by atoms with Gasteiger partial charge in [-0.2, -0.15) is 5.26 Å². The fraction of sp³-hybridized carbons (Fsp3) is 0.636. The van der Waals surface area contributed by atoms with Crippen molar-refractivity contribution in [1.82, 2.24) is 14.7 Å². The lowest BCUT2D eigenvalue weighted by molar-refractivity contribution is 0.0235. The Bertz CT molecular complexity index is 726. The predicted molar refractivity (Wildman–Crippen MR) is 105 cm³/mol. The van der Waals surface area contributed by atoms with Crippen LogP contribution in [0.4, 0.5) is 4.79 Å². The summed E-state index contributed by atoms with van der Waals surface area (Å²) in [6.45, 7) is 1.80. The van der Waals surface area contributed by atoms with Crippen LogP contribution < -0.4 is 0 Å². The van der Waals surface area contributed by atoms with Gasteiger partial charge in [0.05, 0.1) is 11.6 Å². The number of hydrogen-bond acceptors (Lipinski definition) is 3. The van der Waals surface area contributed by atoms with E-state index in [1.54, 1.807) is 4.90 Å². The van der Waals surface area contributed by atoms with Gasteiger partial charge in [0, 0.05) is 18.6 Å². The van der Waals surface area contributed by atoms with Crippen molar-refractivity contribution in [3.8, 4) is 6.07 Å². The third-order valence-electron chi connectivity index (χ3n) is 7.13. The second-order valence-electron chi connectivity index (χ2n) is 8.87. The summed E-state index contributed by atoms with van der Waals surface area (Å²) in [4.78, 5) is 19.3. The van der Waals surface area contributed by atoms with Gasteiger partial charge < -0.3 is 9.80 Å². The minimum absolute atomic E-state index is 0.0312. The number of nitrogens with zero attached hydrogens (tertiary/aromatic N) is 4. The Morgan fingerprint density at radius 3 is 2.37 bits per heavy atom. The monoisotopic (exact) mass is 366 g/mol. The molecule has 4 rings (SSSR count). The molecule has 0 bridgehead atoms. The van der Waals surface area contributed by atoms with Crippen molar-refractivity contribution in [2.24, 2.45) is 5.92 Å². The third kappa shape index (κ3) is 3.10. The Labute approximate surface area is 162 Å². The van der Waals surface area contributed by atoms with Gasteiger partial charge in [-0.15, -0.1) is 0 Å². The highest BCUT2D eigenvalue weighted by Crippen LogP contribution is 2.49. The van der Waals surface area contributed by atoms with Crippen LogP contribution in [0.2, 0.25) is 0 Å². The van der Waals surface area contributed by atoms with Gasteiger partial charge in [0.1, 0.15) is 6.54 Å². The maximum Gasteiger partial charge on any atom is 0.321 e. The lowest BCUT2D eigenvalue weighted by Crippen LogP contribution is -2.55. The summed E-state index contributed by atoms with van der Waals surface area (Å²) in [7, 11) is 4.35. The van der Waals surface area contributed by atoms with Crippen LogP contribution in [0.15, 0.2) is 30.3 Å².